The SMILES string of the molecule is O=S1(=O)CCN(c2ccc(-c3cnc(-c4ccccc4F)s3)cc2)CC1. The van der Waals surface area contributed by atoms with E-state index in [9.17, 15) is 12.8 Å². The second-order valence-electron chi connectivity index (χ2n) is 6.20. The quantitative estimate of drug-likeness (QED) is 0.684. The molecule has 4 rings (SSSR count). The Hall–Kier alpha value is -2.25. The minimum atomic E-state index is -2.88. The number of hydrogen-bond donors (Lipinski definition) is 0. The molecule has 7 heteroatoms. The first-order valence-corrected chi connectivity index (χ1v) is 10.9. The van der Waals surface area contributed by atoms with Gasteiger partial charge < -0.3 is 4.90 Å². The highest BCUT2D eigenvalue weighted by Gasteiger charge is 2.21. The summed E-state index contributed by atoms with van der Waals surface area (Å²) in [7, 11) is -2.88. The van der Waals surface area contributed by atoms with Crippen LogP contribution in [0.4, 0.5) is 10.1 Å². The number of anilines is 1. The number of benzene rings is 2. The first kappa shape index (κ1) is 17.2. The standard InChI is InChI=1S/C19H17FN2O2S2/c20-17-4-2-1-3-16(17)19-21-13-18(25-19)14-5-7-15(8-6-14)22-9-11-26(23,24)12-10-22/h1-8,13H,9-12H2. The molecule has 1 fully saturated rings. The van der Waals surface area contributed by atoms with E-state index in [-0.39, 0.29) is 17.3 Å². The van der Waals surface area contributed by atoms with Crippen LogP contribution < -0.4 is 4.90 Å². The van der Waals surface area contributed by atoms with Crippen LogP contribution in [0.5, 0.6) is 0 Å². The molecule has 0 spiro atoms. The minimum absolute atomic E-state index is 0.204. The second-order valence-corrected chi connectivity index (χ2v) is 9.53. The Morgan fingerprint density at radius 1 is 1.00 bits per heavy atom. The van der Waals surface area contributed by atoms with E-state index in [0.29, 0.717) is 23.7 Å². The zero-order valence-electron chi connectivity index (χ0n) is 13.9. The van der Waals surface area contributed by atoms with E-state index in [1.807, 2.05) is 24.3 Å². The normalized spacial score (nSPS) is 16.6. The summed E-state index contributed by atoms with van der Waals surface area (Å²) < 4.78 is 37.0. The van der Waals surface area contributed by atoms with Crippen LogP contribution in [0.15, 0.2) is 54.7 Å². The molecule has 1 aliphatic heterocycles. The molecule has 0 atom stereocenters. The molecule has 1 saturated heterocycles. The zero-order valence-corrected chi connectivity index (χ0v) is 15.6. The Balaban J connectivity index is 1.54. The molecule has 0 saturated carbocycles. The number of rotatable bonds is 3. The van der Waals surface area contributed by atoms with Crippen LogP contribution in [0, 0.1) is 5.82 Å². The van der Waals surface area contributed by atoms with E-state index in [4.69, 9.17) is 0 Å². The third-order valence-corrected chi connectivity index (χ3v) is 7.16. The van der Waals surface area contributed by atoms with E-state index in [2.05, 4.69) is 9.88 Å². The van der Waals surface area contributed by atoms with Crippen LogP contribution in [0.25, 0.3) is 21.0 Å². The Morgan fingerprint density at radius 3 is 2.38 bits per heavy atom. The van der Waals surface area contributed by atoms with Crippen molar-refractivity contribution in [3.63, 3.8) is 0 Å². The highest BCUT2D eigenvalue weighted by Crippen LogP contribution is 2.34. The summed E-state index contributed by atoms with van der Waals surface area (Å²) >= 11 is 1.45. The lowest BCUT2D eigenvalue weighted by Crippen LogP contribution is -2.40. The molecule has 3 aromatic rings. The summed E-state index contributed by atoms with van der Waals surface area (Å²) in [6.07, 6.45) is 1.76. The van der Waals surface area contributed by atoms with Gasteiger partial charge in [-0.05, 0) is 29.8 Å². The van der Waals surface area contributed by atoms with Crippen molar-refractivity contribution in [2.75, 3.05) is 29.5 Å². The largest absolute Gasteiger partial charge is 0.369 e. The maximum Gasteiger partial charge on any atom is 0.153 e. The summed E-state index contributed by atoms with van der Waals surface area (Å²) in [5.74, 6) is 0.134. The molecule has 1 aromatic heterocycles. The van der Waals surface area contributed by atoms with Gasteiger partial charge in [0.1, 0.15) is 10.8 Å². The molecule has 2 heterocycles. The fraction of sp³-hybridized carbons (Fsp3) is 0.211. The van der Waals surface area contributed by atoms with Gasteiger partial charge in [0, 0.05) is 30.5 Å². The Labute approximate surface area is 155 Å². The molecule has 0 aliphatic carbocycles. The topological polar surface area (TPSA) is 50.3 Å². The van der Waals surface area contributed by atoms with Crippen LogP contribution in [0.2, 0.25) is 0 Å². The third-order valence-electron chi connectivity index (χ3n) is 4.47. The lowest BCUT2D eigenvalue weighted by atomic mass is 10.1. The van der Waals surface area contributed by atoms with E-state index in [1.54, 1.807) is 24.4 Å². The average Bonchev–Trinajstić information content (AvgIpc) is 3.12. The third kappa shape index (κ3) is 3.50. The van der Waals surface area contributed by atoms with Crippen molar-refractivity contribution in [2.24, 2.45) is 0 Å². The van der Waals surface area contributed by atoms with Gasteiger partial charge in [0.25, 0.3) is 0 Å². The number of hydrogen-bond acceptors (Lipinski definition) is 5. The second kappa shape index (κ2) is 6.81. The van der Waals surface area contributed by atoms with Gasteiger partial charge in [-0.2, -0.15) is 0 Å². The number of thiazole rings is 1. The summed E-state index contributed by atoms with van der Waals surface area (Å²) in [6.45, 7) is 1.05. The smallest absolute Gasteiger partial charge is 0.153 e. The van der Waals surface area contributed by atoms with Crippen LogP contribution in [0.1, 0.15) is 0 Å². The van der Waals surface area contributed by atoms with Crippen LogP contribution in [-0.4, -0.2) is 38.0 Å². The van der Waals surface area contributed by atoms with E-state index in [1.165, 1.54) is 17.4 Å². The molecule has 0 radical (unpaired) electrons. The maximum atomic E-state index is 13.9. The molecular weight excluding hydrogens is 371 g/mol. The van der Waals surface area contributed by atoms with Gasteiger partial charge in [0.2, 0.25) is 0 Å². The monoisotopic (exact) mass is 388 g/mol. The van der Waals surface area contributed by atoms with Crippen molar-refractivity contribution >= 4 is 26.9 Å². The Kier molecular flexibility index (Phi) is 4.50. The molecule has 26 heavy (non-hydrogen) atoms. The number of halogens is 1. The summed E-state index contributed by atoms with van der Waals surface area (Å²) in [4.78, 5) is 7.41. The van der Waals surface area contributed by atoms with Gasteiger partial charge in [0.15, 0.2) is 9.84 Å². The molecule has 0 bridgehead atoms. The molecule has 134 valence electrons. The predicted molar refractivity (Wildman–Crippen MR) is 104 cm³/mol. The van der Waals surface area contributed by atoms with Gasteiger partial charge in [-0.3, -0.25) is 0 Å². The lowest BCUT2D eigenvalue weighted by Gasteiger charge is -2.28. The van der Waals surface area contributed by atoms with E-state index in [0.717, 1.165) is 16.1 Å². The lowest BCUT2D eigenvalue weighted by molar-refractivity contribution is 0.587. The van der Waals surface area contributed by atoms with Crippen molar-refractivity contribution in [2.45, 2.75) is 0 Å². The highest BCUT2D eigenvalue weighted by molar-refractivity contribution is 7.91. The molecule has 4 nitrogen and oxygen atoms in total. The fourth-order valence-electron chi connectivity index (χ4n) is 2.97. The first-order chi connectivity index (χ1) is 12.5. The molecule has 0 N–H and O–H groups in total. The van der Waals surface area contributed by atoms with E-state index < -0.39 is 9.84 Å². The van der Waals surface area contributed by atoms with Gasteiger partial charge in [-0.25, -0.2) is 17.8 Å². The number of sulfone groups is 1. The zero-order chi connectivity index (χ0) is 18.1. The van der Waals surface area contributed by atoms with Crippen molar-refractivity contribution in [1.29, 1.82) is 0 Å². The molecule has 1 aliphatic rings. The van der Waals surface area contributed by atoms with Crippen molar-refractivity contribution in [3.8, 4) is 21.0 Å². The van der Waals surface area contributed by atoms with Crippen molar-refractivity contribution in [3.05, 3.63) is 60.5 Å². The molecular formula is C19H17FN2O2S2. The average molecular weight is 388 g/mol. The van der Waals surface area contributed by atoms with Crippen molar-refractivity contribution in [1.82, 2.24) is 4.98 Å². The van der Waals surface area contributed by atoms with Crippen molar-refractivity contribution < 1.29 is 12.8 Å². The van der Waals surface area contributed by atoms with E-state index >= 15 is 0 Å². The van der Waals surface area contributed by atoms with Gasteiger partial charge in [-0.15, -0.1) is 11.3 Å². The van der Waals surface area contributed by atoms with Crippen LogP contribution >= 0.6 is 11.3 Å². The predicted octanol–water partition coefficient (Wildman–Crippen LogP) is 3.85. The van der Waals surface area contributed by atoms with Crippen LogP contribution in [0.3, 0.4) is 0 Å². The van der Waals surface area contributed by atoms with Gasteiger partial charge in [0.05, 0.1) is 16.4 Å². The van der Waals surface area contributed by atoms with Crippen LogP contribution in [-0.2, 0) is 9.84 Å². The Bertz CT molecular complexity index is 1020. The minimum Gasteiger partial charge on any atom is -0.369 e. The number of aromatic nitrogens is 1. The molecule has 0 amide bonds. The Morgan fingerprint density at radius 2 is 1.69 bits per heavy atom. The summed E-state index contributed by atoms with van der Waals surface area (Å²) in [5, 5.41) is 0.656. The van der Waals surface area contributed by atoms with Gasteiger partial charge >= 0.3 is 0 Å². The summed E-state index contributed by atoms with van der Waals surface area (Å²) in [6, 6.07) is 14.6. The number of nitrogens with zero attached hydrogens (tertiary/aromatic N) is 2. The highest BCUT2D eigenvalue weighted by atomic mass is 32.2. The fourth-order valence-corrected chi connectivity index (χ4v) is 5.12. The summed E-state index contributed by atoms with van der Waals surface area (Å²) in [5.41, 5.74) is 2.54. The first-order valence-electron chi connectivity index (χ1n) is 8.28. The maximum absolute atomic E-state index is 13.9. The van der Waals surface area contributed by atoms with Gasteiger partial charge in [-0.1, -0.05) is 24.3 Å². The molecule has 0 unspecified atom stereocenters. The molecule has 2 aromatic carbocycles.